The summed E-state index contributed by atoms with van der Waals surface area (Å²) in [5.41, 5.74) is 1.31. The molecule has 0 aliphatic carbocycles. The van der Waals surface area contributed by atoms with Crippen molar-refractivity contribution in [1.29, 1.82) is 0 Å². The Labute approximate surface area is 168 Å². The van der Waals surface area contributed by atoms with E-state index in [9.17, 15) is 9.18 Å². The summed E-state index contributed by atoms with van der Waals surface area (Å²) in [5, 5.41) is 8.87. The third kappa shape index (κ3) is 4.59. The summed E-state index contributed by atoms with van der Waals surface area (Å²) < 4.78 is 18.8. The first-order valence-electron chi connectivity index (χ1n) is 8.96. The number of ether oxygens (including phenoxy) is 1. The van der Waals surface area contributed by atoms with Crippen molar-refractivity contribution >= 4 is 34.8 Å². The summed E-state index contributed by atoms with van der Waals surface area (Å²) in [6.45, 7) is 0. The molecule has 2 saturated heterocycles. The molecule has 1 amide bonds. The topological polar surface area (TPSA) is 63.2 Å². The largest absolute Gasteiger partial charge is 0.494 e. The summed E-state index contributed by atoms with van der Waals surface area (Å²) >= 11 is 1.35. The second kappa shape index (κ2) is 8.54. The second-order valence-corrected chi connectivity index (χ2v) is 7.97. The number of amides is 1. The Kier molecular flexibility index (Phi) is 6.34. The molecule has 8 heteroatoms. The number of piperidine rings is 1. The second-order valence-electron chi connectivity index (χ2n) is 7.11. The molecule has 1 aromatic carbocycles. The number of methoxy groups -OCH3 is 1. The van der Waals surface area contributed by atoms with Gasteiger partial charge >= 0.3 is 0 Å². The van der Waals surface area contributed by atoms with Crippen molar-refractivity contribution in [1.82, 2.24) is 10.3 Å². The molecule has 2 bridgehead atoms. The number of aromatic nitrogens is 1. The van der Waals surface area contributed by atoms with E-state index < -0.39 is 5.82 Å². The summed E-state index contributed by atoms with van der Waals surface area (Å²) in [6.07, 6.45) is 5.17. The fourth-order valence-corrected chi connectivity index (χ4v) is 4.80. The van der Waals surface area contributed by atoms with Gasteiger partial charge in [-0.1, -0.05) is 0 Å². The molecule has 146 valence electrons. The molecule has 2 unspecified atom stereocenters. The maximum absolute atomic E-state index is 13.9. The zero-order valence-corrected chi connectivity index (χ0v) is 16.7. The fraction of sp³-hybridized carbons (Fsp3) is 0.474. The van der Waals surface area contributed by atoms with Crippen LogP contribution in [0, 0.1) is 11.7 Å². The van der Waals surface area contributed by atoms with E-state index in [1.54, 1.807) is 12.1 Å². The Morgan fingerprint density at radius 3 is 2.78 bits per heavy atom. The van der Waals surface area contributed by atoms with E-state index in [2.05, 4.69) is 15.6 Å². The molecule has 4 rings (SSSR count). The number of fused-ring (bicyclic) bond motifs is 2. The molecule has 2 aliphatic rings. The van der Waals surface area contributed by atoms with Gasteiger partial charge in [-0.15, -0.1) is 23.7 Å². The first-order chi connectivity index (χ1) is 12.6. The highest BCUT2D eigenvalue weighted by Crippen LogP contribution is 2.33. The van der Waals surface area contributed by atoms with Crippen LogP contribution in [0.2, 0.25) is 0 Å². The number of nitrogens with one attached hydrogen (secondary N) is 2. The minimum atomic E-state index is -0.427. The van der Waals surface area contributed by atoms with Gasteiger partial charge in [-0.2, -0.15) is 0 Å². The Bertz CT molecular complexity index is 804. The maximum atomic E-state index is 13.9. The molecule has 0 radical (unpaired) electrons. The highest BCUT2D eigenvalue weighted by Gasteiger charge is 2.34. The molecule has 2 N–H and O–H groups in total. The van der Waals surface area contributed by atoms with Gasteiger partial charge in [0.1, 0.15) is 0 Å². The number of anilines is 1. The molecule has 0 saturated carbocycles. The smallest absolute Gasteiger partial charge is 0.226 e. The van der Waals surface area contributed by atoms with Gasteiger partial charge in [-0.25, -0.2) is 9.37 Å². The molecule has 0 spiro atoms. The molecule has 2 aliphatic heterocycles. The molecule has 3 heterocycles. The van der Waals surface area contributed by atoms with Gasteiger partial charge in [-0.3, -0.25) is 4.79 Å². The Hall–Kier alpha value is -1.70. The molecular formula is C19H23ClFN3O2S. The van der Waals surface area contributed by atoms with Crippen LogP contribution in [0.4, 0.5) is 9.52 Å². The summed E-state index contributed by atoms with van der Waals surface area (Å²) in [6, 6.07) is 5.90. The Morgan fingerprint density at radius 2 is 2.11 bits per heavy atom. The molecular weight excluding hydrogens is 389 g/mol. The number of hydrogen-bond acceptors (Lipinski definition) is 5. The zero-order valence-electron chi connectivity index (χ0n) is 15.0. The van der Waals surface area contributed by atoms with Gasteiger partial charge in [0.2, 0.25) is 5.91 Å². The standard InChI is InChI=1S/C19H22FN3O2S.ClH/c1-25-17-5-2-12(9-15(17)20)16-10-26-19(22-16)23-18(24)8-11-6-13-3-4-14(7-11)21-13;/h2,5,9-11,13-14,21H,3-4,6-8H2,1H3,(H,22,23,24);1H. The SMILES string of the molecule is COc1ccc(-c2csc(NC(=O)CC3CC4CCC(C3)N4)n2)cc1F.Cl. The van der Waals surface area contributed by atoms with Gasteiger partial charge in [-0.05, 0) is 49.8 Å². The quantitative estimate of drug-likeness (QED) is 0.772. The van der Waals surface area contributed by atoms with E-state index in [4.69, 9.17) is 4.74 Å². The number of halogens is 2. The van der Waals surface area contributed by atoms with Crippen molar-refractivity contribution in [2.45, 2.75) is 44.2 Å². The highest BCUT2D eigenvalue weighted by atomic mass is 35.5. The number of carbonyl (C=O) groups excluding carboxylic acids is 1. The summed E-state index contributed by atoms with van der Waals surface area (Å²) in [4.78, 5) is 16.8. The molecule has 2 aromatic rings. The van der Waals surface area contributed by atoms with Crippen LogP contribution in [0.3, 0.4) is 0 Å². The van der Waals surface area contributed by atoms with E-state index in [-0.39, 0.29) is 24.1 Å². The van der Waals surface area contributed by atoms with E-state index in [0.717, 1.165) is 12.8 Å². The van der Waals surface area contributed by atoms with Gasteiger partial charge < -0.3 is 15.4 Å². The predicted molar refractivity (Wildman–Crippen MR) is 107 cm³/mol. The van der Waals surface area contributed by atoms with Crippen molar-refractivity contribution in [3.05, 3.63) is 29.4 Å². The number of thiazole rings is 1. The van der Waals surface area contributed by atoms with E-state index in [1.807, 2.05) is 5.38 Å². The lowest BCUT2D eigenvalue weighted by Gasteiger charge is -2.28. The van der Waals surface area contributed by atoms with Crippen LogP contribution in [-0.4, -0.2) is 30.1 Å². The van der Waals surface area contributed by atoms with Crippen LogP contribution < -0.4 is 15.4 Å². The first-order valence-corrected chi connectivity index (χ1v) is 9.84. The van der Waals surface area contributed by atoms with Crippen molar-refractivity contribution < 1.29 is 13.9 Å². The highest BCUT2D eigenvalue weighted by molar-refractivity contribution is 7.14. The predicted octanol–water partition coefficient (Wildman–Crippen LogP) is 4.24. The van der Waals surface area contributed by atoms with Gasteiger partial charge in [0.05, 0.1) is 12.8 Å². The number of benzene rings is 1. The Morgan fingerprint density at radius 1 is 1.37 bits per heavy atom. The number of hydrogen-bond donors (Lipinski definition) is 2. The Balaban J connectivity index is 0.00000210. The zero-order chi connectivity index (χ0) is 18.1. The average molecular weight is 412 g/mol. The maximum Gasteiger partial charge on any atom is 0.226 e. The van der Waals surface area contributed by atoms with Crippen LogP contribution in [0.1, 0.15) is 32.1 Å². The van der Waals surface area contributed by atoms with Gasteiger partial charge in [0.25, 0.3) is 0 Å². The molecule has 1 aromatic heterocycles. The lowest BCUT2D eigenvalue weighted by Crippen LogP contribution is -2.39. The van der Waals surface area contributed by atoms with E-state index in [1.165, 1.54) is 37.4 Å². The van der Waals surface area contributed by atoms with Crippen LogP contribution in [-0.2, 0) is 4.79 Å². The minimum absolute atomic E-state index is 0. The van der Waals surface area contributed by atoms with Gasteiger partial charge in [0.15, 0.2) is 16.7 Å². The number of nitrogens with zero attached hydrogens (tertiary/aromatic N) is 1. The number of carbonyl (C=O) groups is 1. The van der Waals surface area contributed by atoms with Gasteiger partial charge in [0, 0.05) is 29.4 Å². The van der Waals surface area contributed by atoms with Crippen molar-refractivity contribution in [3.63, 3.8) is 0 Å². The number of rotatable bonds is 5. The molecule has 5 nitrogen and oxygen atoms in total. The van der Waals surface area contributed by atoms with Crippen molar-refractivity contribution in [3.8, 4) is 17.0 Å². The minimum Gasteiger partial charge on any atom is -0.494 e. The first kappa shape index (κ1) is 20.0. The summed E-state index contributed by atoms with van der Waals surface area (Å²) in [7, 11) is 1.43. The fourth-order valence-electron chi connectivity index (χ4n) is 4.06. The van der Waals surface area contributed by atoms with Crippen LogP contribution in [0.15, 0.2) is 23.6 Å². The lowest BCUT2D eigenvalue weighted by atomic mass is 9.89. The average Bonchev–Trinajstić information content (AvgIpc) is 3.21. The third-order valence-corrected chi connectivity index (χ3v) is 6.00. The van der Waals surface area contributed by atoms with Crippen molar-refractivity contribution in [2.24, 2.45) is 5.92 Å². The third-order valence-electron chi connectivity index (χ3n) is 5.24. The summed E-state index contributed by atoms with van der Waals surface area (Å²) in [5.74, 6) is 0.236. The van der Waals surface area contributed by atoms with Crippen LogP contribution >= 0.6 is 23.7 Å². The molecule has 2 atom stereocenters. The van der Waals surface area contributed by atoms with E-state index >= 15 is 0 Å². The van der Waals surface area contributed by atoms with Crippen LogP contribution in [0.25, 0.3) is 11.3 Å². The monoisotopic (exact) mass is 411 g/mol. The normalized spacial score (nSPS) is 23.6. The molecule has 27 heavy (non-hydrogen) atoms. The van der Waals surface area contributed by atoms with Crippen LogP contribution in [0.5, 0.6) is 5.75 Å². The lowest BCUT2D eigenvalue weighted by molar-refractivity contribution is -0.117. The van der Waals surface area contributed by atoms with E-state index in [0.29, 0.717) is 40.8 Å². The van der Waals surface area contributed by atoms with Crippen molar-refractivity contribution in [2.75, 3.05) is 12.4 Å². The molecule has 2 fully saturated rings.